The van der Waals surface area contributed by atoms with E-state index in [0.717, 1.165) is 89.6 Å². The molecule has 2 rings (SSSR count). The molecule has 1 fully saturated rings. The van der Waals surface area contributed by atoms with Gasteiger partial charge in [-0.3, -0.25) is 9.89 Å². The van der Waals surface area contributed by atoms with Crippen molar-refractivity contribution in [3.8, 4) is 0 Å². The van der Waals surface area contributed by atoms with Gasteiger partial charge in [-0.1, -0.05) is 46.5 Å². The van der Waals surface area contributed by atoms with E-state index >= 15 is 0 Å². The summed E-state index contributed by atoms with van der Waals surface area (Å²) >= 11 is 0. The summed E-state index contributed by atoms with van der Waals surface area (Å²) in [6.45, 7) is 15.1. The van der Waals surface area contributed by atoms with Crippen LogP contribution in [0.25, 0.3) is 0 Å². The van der Waals surface area contributed by atoms with Gasteiger partial charge in [0.1, 0.15) is 12.2 Å². The van der Waals surface area contributed by atoms with Crippen molar-refractivity contribution < 1.29 is 4.74 Å². The van der Waals surface area contributed by atoms with Gasteiger partial charge in [-0.25, -0.2) is 0 Å². The van der Waals surface area contributed by atoms with Crippen molar-refractivity contribution >= 4 is 5.96 Å². The molecule has 8 heteroatoms. The predicted octanol–water partition coefficient (Wildman–Crippen LogP) is 2.70. The zero-order valence-electron chi connectivity index (χ0n) is 20.1. The molecule has 2 N–H and O–H groups in total. The number of hydrogen-bond acceptors (Lipinski definition) is 5. The van der Waals surface area contributed by atoms with Crippen LogP contribution in [0.1, 0.15) is 65.1 Å². The monoisotopic (exact) mass is 435 g/mol. The fourth-order valence-electron chi connectivity index (χ4n) is 3.76. The Balaban J connectivity index is 1.69. The summed E-state index contributed by atoms with van der Waals surface area (Å²) < 4.78 is 7.54. The third kappa shape index (κ3) is 11.5. The smallest absolute Gasteiger partial charge is 0.191 e. The highest BCUT2D eigenvalue weighted by molar-refractivity contribution is 5.79. The minimum atomic E-state index is 0.814. The fourth-order valence-corrected chi connectivity index (χ4v) is 3.76. The molecule has 0 unspecified atom stereocenters. The summed E-state index contributed by atoms with van der Waals surface area (Å²) in [6.07, 6.45) is 10.3. The van der Waals surface area contributed by atoms with E-state index in [4.69, 9.17) is 9.73 Å². The summed E-state index contributed by atoms with van der Waals surface area (Å²) in [5.41, 5.74) is 0. The summed E-state index contributed by atoms with van der Waals surface area (Å²) in [7, 11) is 0. The molecule has 0 aromatic carbocycles. The van der Waals surface area contributed by atoms with E-state index in [-0.39, 0.29) is 0 Å². The molecular formula is C23H45N7O. The maximum atomic E-state index is 5.43. The normalized spacial score (nSPS) is 15.5. The van der Waals surface area contributed by atoms with E-state index in [9.17, 15) is 0 Å². The van der Waals surface area contributed by atoms with E-state index in [1.807, 2.05) is 6.33 Å². The standard InChI is InChI=1S/C23H45N7O/c1-4-22-28-27-20-30(22)15-13-26-23(24-11-8-6-5-7-10-21(2)3)25-12-9-14-29-16-18-31-19-17-29/h20-21H,4-19H2,1-3H3,(H2,24,25,26). The van der Waals surface area contributed by atoms with Gasteiger partial charge in [-0.15, -0.1) is 10.2 Å². The fraction of sp³-hybridized carbons (Fsp3) is 0.870. The van der Waals surface area contributed by atoms with Crippen LogP contribution < -0.4 is 10.6 Å². The van der Waals surface area contributed by atoms with Crippen molar-refractivity contribution in [2.75, 3.05) is 52.5 Å². The van der Waals surface area contributed by atoms with Crippen LogP contribution >= 0.6 is 0 Å². The summed E-state index contributed by atoms with van der Waals surface area (Å²) in [4.78, 5) is 7.29. The SMILES string of the molecule is CCc1nncn1CCNC(=NCCCN1CCOCC1)NCCCCCCC(C)C. The number of morpholine rings is 1. The average Bonchev–Trinajstić information content (AvgIpc) is 3.23. The molecule has 0 saturated carbocycles. The minimum Gasteiger partial charge on any atom is -0.379 e. The second-order valence-electron chi connectivity index (χ2n) is 8.78. The first-order valence-electron chi connectivity index (χ1n) is 12.4. The number of aliphatic imine (C=N–C) groups is 1. The largest absolute Gasteiger partial charge is 0.379 e. The Hall–Kier alpha value is -1.67. The van der Waals surface area contributed by atoms with Crippen LogP contribution in [-0.2, 0) is 17.7 Å². The Morgan fingerprint density at radius 1 is 1.06 bits per heavy atom. The number of rotatable bonds is 15. The van der Waals surface area contributed by atoms with Gasteiger partial charge in [0.25, 0.3) is 0 Å². The number of unbranched alkanes of at least 4 members (excludes halogenated alkanes) is 3. The zero-order valence-corrected chi connectivity index (χ0v) is 20.1. The third-order valence-electron chi connectivity index (χ3n) is 5.66. The van der Waals surface area contributed by atoms with Crippen LogP contribution in [0.5, 0.6) is 0 Å². The molecule has 0 aliphatic carbocycles. The lowest BCUT2D eigenvalue weighted by atomic mass is 10.0. The van der Waals surface area contributed by atoms with Crippen molar-refractivity contribution in [2.24, 2.45) is 10.9 Å². The van der Waals surface area contributed by atoms with E-state index in [0.29, 0.717) is 0 Å². The molecule has 1 aromatic rings. The molecule has 1 aliphatic rings. The lowest BCUT2D eigenvalue weighted by molar-refractivity contribution is 0.0377. The molecule has 178 valence electrons. The van der Waals surface area contributed by atoms with Gasteiger partial charge >= 0.3 is 0 Å². The highest BCUT2D eigenvalue weighted by Gasteiger charge is 2.09. The maximum absolute atomic E-state index is 5.43. The Labute approximate surface area is 189 Å². The van der Waals surface area contributed by atoms with Gasteiger partial charge in [0.05, 0.1) is 13.2 Å². The molecule has 0 atom stereocenters. The van der Waals surface area contributed by atoms with Crippen LogP contribution in [-0.4, -0.2) is 78.1 Å². The Morgan fingerprint density at radius 3 is 2.61 bits per heavy atom. The van der Waals surface area contributed by atoms with Crippen molar-refractivity contribution in [2.45, 2.75) is 72.3 Å². The van der Waals surface area contributed by atoms with Gasteiger partial charge < -0.3 is 19.9 Å². The number of hydrogen-bond donors (Lipinski definition) is 2. The number of guanidine groups is 1. The van der Waals surface area contributed by atoms with E-state index < -0.39 is 0 Å². The van der Waals surface area contributed by atoms with Crippen LogP contribution in [0, 0.1) is 5.92 Å². The molecular weight excluding hydrogens is 390 g/mol. The highest BCUT2D eigenvalue weighted by atomic mass is 16.5. The van der Waals surface area contributed by atoms with E-state index in [2.05, 4.69) is 51.1 Å². The number of nitrogens with one attached hydrogen (secondary N) is 2. The molecule has 2 heterocycles. The second kappa shape index (κ2) is 16.0. The molecule has 1 aliphatic heterocycles. The van der Waals surface area contributed by atoms with Gasteiger partial charge in [0.2, 0.25) is 0 Å². The van der Waals surface area contributed by atoms with Gasteiger partial charge in [0.15, 0.2) is 5.96 Å². The first kappa shape index (κ1) is 25.6. The molecule has 1 saturated heterocycles. The van der Waals surface area contributed by atoms with Crippen LogP contribution in [0.15, 0.2) is 11.3 Å². The van der Waals surface area contributed by atoms with Crippen molar-refractivity contribution in [3.63, 3.8) is 0 Å². The minimum absolute atomic E-state index is 0.814. The molecule has 8 nitrogen and oxygen atoms in total. The van der Waals surface area contributed by atoms with E-state index in [1.54, 1.807) is 0 Å². The van der Waals surface area contributed by atoms with Crippen LogP contribution in [0.2, 0.25) is 0 Å². The Kier molecular flexibility index (Phi) is 13.2. The zero-order chi connectivity index (χ0) is 22.2. The van der Waals surface area contributed by atoms with E-state index in [1.165, 1.54) is 32.1 Å². The van der Waals surface area contributed by atoms with Crippen LogP contribution in [0.3, 0.4) is 0 Å². The highest BCUT2D eigenvalue weighted by Crippen LogP contribution is 2.09. The Morgan fingerprint density at radius 2 is 1.84 bits per heavy atom. The molecule has 31 heavy (non-hydrogen) atoms. The van der Waals surface area contributed by atoms with Gasteiger partial charge in [-0.05, 0) is 18.8 Å². The van der Waals surface area contributed by atoms with Crippen molar-refractivity contribution in [1.82, 2.24) is 30.3 Å². The quantitative estimate of drug-likeness (QED) is 0.251. The van der Waals surface area contributed by atoms with Crippen molar-refractivity contribution in [3.05, 3.63) is 12.2 Å². The first-order chi connectivity index (χ1) is 15.2. The van der Waals surface area contributed by atoms with Crippen LogP contribution in [0.4, 0.5) is 0 Å². The average molecular weight is 436 g/mol. The number of aromatic nitrogens is 3. The summed E-state index contributed by atoms with van der Waals surface area (Å²) in [6, 6.07) is 0. The topological polar surface area (TPSA) is 79.6 Å². The molecule has 0 radical (unpaired) electrons. The predicted molar refractivity (Wildman–Crippen MR) is 128 cm³/mol. The summed E-state index contributed by atoms with van der Waals surface area (Å²) in [5.74, 6) is 2.77. The first-order valence-corrected chi connectivity index (χ1v) is 12.4. The number of ether oxygens (including phenoxy) is 1. The molecule has 0 spiro atoms. The number of nitrogens with zero attached hydrogens (tertiary/aromatic N) is 5. The Bertz CT molecular complexity index is 597. The molecule has 1 aromatic heterocycles. The second-order valence-corrected chi connectivity index (χ2v) is 8.78. The lowest BCUT2D eigenvalue weighted by Gasteiger charge is -2.26. The van der Waals surface area contributed by atoms with Gasteiger partial charge in [-0.2, -0.15) is 0 Å². The number of aryl methyl sites for hydroxylation is 1. The third-order valence-corrected chi connectivity index (χ3v) is 5.66. The lowest BCUT2D eigenvalue weighted by Crippen LogP contribution is -2.40. The maximum Gasteiger partial charge on any atom is 0.191 e. The van der Waals surface area contributed by atoms with Gasteiger partial charge in [0, 0.05) is 52.2 Å². The van der Waals surface area contributed by atoms with Crippen molar-refractivity contribution in [1.29, 1.82) is 0 Å². The molecule has 0 amide bonds. The molecule has 0 bridgehead atoms. The summed E-state index contributed by atoms with van der Waals surface area (Å²) in [5, 5.41) is 15.2.